The summed E-state index contributed by atoms with van der Waals surface area (Å²) in [7, 11) is 0. The van der Waals surface area contributed by atoms with Gasteiger partial charge in [-0.15, -0.1) is 0 Å². The monoisotopic (exact) mass is 262 g/mol. The fraction of sp³-hybridized carbons (Fsp3) is 0.438. The van der Waals surface area contributed by atoms with Crippen molar-refractivity contribution in [2.75, 3.05) is 6.61 Å². The van der Waals surface area contributed by atoms with Crippen molar-refractivity contribution in [2.24, 2.45) is 5.92 Å². The predicted octanol–water partition coefficient (Wildman–Crippen LogP) is 3.04. The Morgan fingerprint density at radius 3 is 2.68 bits per heavy atom. The summed E-state index contributed by atoms with van der Waals surface area (Å²) in [4.78, 5) is 11.7. The van der Waals surface area contributed by atoms with Crippen molar-refractivity contribution in [3.8, 4) is 0 Å². The van der Waals surface area contributed by atoms with E-state index >= 15 is 0 Å². The van der Waals surface area contributed by atoms with Crippen molar-refractivity contribution >= 4 is 12.0 Å². The topological polar surface area (TPSA) is 46.5 Å². The number of benzene rings is 1. The number of carbonyl (C=O) groups excluding carboxylic acids is 1. The van der Waals surface area contributed by atoms with Gasteiger partial charge in [0.1, 0.15) is 0 Å². The first-order valence-electron chi connectivity index (χ1n) is 6.73. The van der Waals surface area contributed by atoms with Gasteiger partial charge in [-0.2, -0.15) is 0 Å². The van der Waals surface area contributed by atoms with Crippen LogP contribution in [-0.4, -0.2) is 23.8 Å². The number of hydrogen-bond donors (Lipinski definition) is 1. The number of carbonyl (C=O) groups is 1. The molecule has 1 aromatic rings. The maximum Gasteiger partial charge on any atom is 0.311 e. The van der Waals surface area contributed by atoms with E-state index < -0.39 is 12.0 Å². The molecule has 1 aromatic carbocycles. The molecule has 0 radical (unpaired) electrons. The quantitative estimate of drug-likeness (QED) is 0.607. The van der Waals surface area contributed by atoms with Gasteiger partial charge in [0, 0.05) is 0 Å². The number of esters is 1. The summed E-state index contributed by atoms with van der Waals surface area (Å²) in [6.07, 6.45) is 4.45. The minimum Gasteiger partial charge on any atom is -0.465 e. The third-order valence-corrected chi connectivity index (χ3v) is 2.91. The van der Waals surface area contributed by atoms with Crippen LogP contribution in [0.25, 0.3) is 6.08 Å². The van der Waals surface area contributed by atoms with Crippen molar-refractivity contribution < 1.29 is 14.6 Å². The fourth-order valence-corrected chi connectivity index (χ4v) is 1.53. The number of aliphatic hydroxyl groups is 1. The molecule has 0 saturated heterocycles. The summed E-state index contributed by atoms with van der Waals surface area (Å²) in [5, 5.41) is 9.92. The zero-order valence-electron chi connectivity index (χ0n) is 11.6. The number of ether oxygens (including phenoxy) is 1. The summed E-state index contributed by atoms with van der Waals surface area (Å²) in [5.74, 6) is -0.893. The Bertz CT molecular complexity index is 398. The van der Waals surface area contributed by atoms with E-state index in [4.69, 9.17) is 4.74 Å². The maximum atomic E-state index is 11.7. The second-order valence-electron chi connectivity index (χ2n) is 4.57. The molecule has 3 heteroatoms. The SMILES string of the molecule is CCCCOC(=O)C(C)C(O)/C=C/c1ccccc1. The van der Waals surface area contributed by atoms with Gasteiger partial charge in [-0.1, -0.05) is 55.8 Å². The molecule has 0 aliphatic heterocycles. The molecule has 0 amide bonds. The molecule has 19 heavy (non-hydrogen) atoms. The Morgan fingerprint density at radius 1 is 1.37 bits per heavy atom. The van der Waals surface area contributed by atoms with Gasteiger partial charge in [-0.3, -0.25) is 4.79 Å². The lowest BCUT2D eigenvalue weighted by molar-refractivity contribution is -0.150. The Labute approximate surface area is 114 Å². The third kappa shape index (κ3) is 5.71. The van der Waals surface area contributed by atoms with Gasteiger partial charge in [0.2, 0.25) is 0 Å². The van der Waals surface area contributed by atoms with Gasteiger partial charge in [0.25, 0.3) is 0 Å². The number of unbranched alkanes of at least 4 members (excludes halogenated alkanes) is 1. The van der Waals surface area contributed by atoms with Crippen LogP contribution in [0.5, 0.6) is 0 Å². The summed E-state index contributed by atoms with van der Waals surface area (Å²) in [6, 6.07) is 9.66. The van der Waals surface area contributed by atoms with Crippen LogP contribution >= 0.6 is 0 Å². The van der Waals surface area contributed by atoms with Crippen LogP contribution in [0.15, 0.2) is 36.4 Å². The van der Waals surface area contributed by atoms with Gasteiger partial charge in [0.15, 0.2) is 0 Å². The van der Waals surface area contributed by atoms with Crippen LogP contribution in [0.2, 0.25) is 0 Å². The van der Waals surface area contributed by atoms with Crippen molar-refractivity contribution in [1.82, 2.24) is 0 Å². The van der Waals surface area contributed by atoms with Crippen molar-refractivity contribution in [3.63, 3.8) is 0 Å². The smallest absolute Gasteiger partial charge is 0.311 e. The summed E-state index contributed by atoms with van der Waals surface area (Å²) in [6.45, 7) is 4.14. The molecule has 2 atom stereocenters. The molecule has 1 rings (SSSR count). The molecule has 0 aliphatic rings. The van der Waals surface area contributed by atoms with Crippen LogP contribution in [0.1, 0.15) is 32.3 Å². The van der Waals surface area contributed by atoms with Crippen molar-refractivity contribution in [3.05, 3.63) is 42.0 Å². The molecular formula is C16H22O3. The highest BCUT2D eigenvalue weighted by atomic mass is 16.5. The van der Waals surface area contributed by atoms with Crippen molar-refractivity contribution in [1.29, 1.82) is 0 Å². The molecule has 0 saturated carbocycles. The fourth-order valence-electron chi connectivity index (χ4n) is 1.53. The molecule has 0 fully saturated rings. The number of aliphatic hydroxyl groups excluding tert-OH is 1. The Hall–Kier alpha value is -1.61. The molecule has 0 aliphatic carbocycles. The maximum absolute atomic E-state index is 11.7. The van der Waals surface area contributed by atoms with E-state index in [9.17, 15) is 9.90 Å². The van der Waals surface area contributed by atoms with E-state index in [1.165, 1.54) is 0 Å². The van der Waals surface area contributed by atoms with E-state index in [1.807, 2.05) is 37.3 Å². The zero-order chi connectivity index (χ0) is 14.1. The van der Waals surface area contributed by atoms with E-state index in [0.29, 0.717) is 6.61 Å². The zero-order valence-corrected chi connectivity index (χ0v) is 11.6. The second-order valence-corrected chi connectivity index (χ2v) is 4.57. The van der Waals surface area contributed by atoms with Gasteiger partial charge in [-0.25, -0.2) is 0 Å². The molecular weight excluding hydrogens is 240 g/mol. The van der Waals surface area contributed by atoms with Crippen LogP contribution in [-0.2, 0) is 9.53 Å². The van der Waals surface area contributed by atoms with Crippen molar-refractivity contribution in [2.45, 2.75) is 32.8 Å². The van der Waals surface area contributed by atoms with E-state index in [0.717, 1.165) is 18.4 Å². The first-order valence-corrected chi connectivity index (χ1v) is 6.73. The molecule has 3 nitrogen and oxygen atoms in total. The highest BCUT2D eigenvalue weighted by Crippen LogP contribution is 2.10. The lowest BCUT2D eigenvalue weighted by atomic mass is 10.0. The third-order valence-electron chi connectivity index (χ3n) is 2.91. The largest absolute Gasteiger partial charge is 0.465 e. The predicted molar refractivity (Wildman–Crippen MR) is 76.5 cm³/mol. The minimum atomic E-state index is -0.825. The Balaban J connectivity index is 2.46. The first-order chi connectivity index (χ1) is 9.15. The average Bonchev–Trinajstić information content (AvgIpc) is 2.45. The van der Waals surface area contributed by atoms with Gasteiger partial charge in [-0.05, 0) is 18.9 Å². The second kappa shape index (κ2) is 8.48. The van der Waals surface area contributed by atoms with Crippen LogP contribution < -0.4 is 0 Å². The molecule has 1 N–H and O–H groups in total. The summed E-state index contributed by atoms with van der Waals surface area (Å²) in [5.41, 5.74) is 0.994. The summed E-state index contributed by atoms with van der Waals surface area (Å²) < 4.78 is 5.08. The highest BCUT2D eigenvalue weighted by Gasteiger charge is 2.21. The number of rotatable bonds is 7. The Morgan fingerprint density at radius 2 is 2.05 bits per heavy atom. The molecule has 0 bridgehead atoms. The van der Waals surface area contributed by atoms with Crippen LogP contribution in [0.3, 0.4) is 0 Å². The molecule has 2 unspecified atom stereocenters. The van der Waals surface area contributed by atoms with E-state index in [1.54, 1.807) is 19.1 Å². The van der Waals surface area contributed by atoms with E-state index in [-0.39, 0.29) is 5.97 Å². The lowest BCUT2D eigenvalue weighted by Crippen LogP contribution is -2.26. The molecule has 104 valence electrons. The standard InChI is InChI=1S/C16H22O3/c1-3-4-12-19-16(18)13(2)15(17)11-10-14-8-6-5-7-9-14/h5-11,13,15,17H,3-4,12H2,1-2H3/b11-10+. The highest BCUT2D eigenvalue weighted by molar-refractivity contribution is 5.73. The first kappa shape index (κ1) is 15.4. The minimum absolute atomic E-state index is 0.348. The van der Waals surface area contributed by atoms with Gasteiger partial charge >= 0.3 is 5.97 Å². The molecule has 0 aromatic heterocycles. The molecule has 0 spiro atoms. The lowest BCUT2D eigenvalue weighted by Gasteiger charge is -2.14. The number of hydrogen-bond acceptors (Lipinski definition) is 3. The van der Waals surface area contributed by atoms with Crippen LogP contribution in [0, 0.1) is 5.92 Å². The molecule has 0 heterocycles. The average molecular weight is 262 g/mol. The summed E-state index contributed by atoms with van der Waals surface area (Å²) >= 11 is 0. The van der Waals surface area contributed by atoms with Crippen LogP contribution in [0.4, 0.5) is 0 Å². The normalized spacial score (nSPS) is 14.3. The van der Waals surface area contributed by atoms with E-state index in [2.05, 4.69) is 0 Å². The van der Waals surface area contributed by atoms with Gasteiger partial charge < -0.3 is 9.84 Å². The Kier molecular flexibility index (Phi) is 6.90. The van der Waals surface area contributed by atoms with Gasteiger partial charge in [0.05, 0.1) is 18.6 Å².